The van der Waals surface area contributed by atoms with Crippen molar-refractivity contribution < 1.29 is 9.53 Å². The summed E-state index contributed by atoms with van der Waals surface area (Å²) in [4.78, 5) is 11.3. The number of methoxy groups -OCH3 is 1. The Balaban J connectivity index is 2.72. The molecule has 1 rings (SSSR count). The van der Waals surface area contributed by atoms with E-state index in [9.17, 15) is 4.79 Å². The Kier molecular flexibility index (Phi) is 5.06. The van der Waals surface area contributed by atoms with E-state index in [1.165, 1.54) is 7.11 Å². The normalized spacial score (nSPS) is 12.2. The predicted molar refractivity (Wildman–Crippen MR) is 64.9 cm³/mol. The van der Waals surface area contributed by atoms with E-state index in [4.69, 9.17) is 27.9 Å². The number of rotatable bonds is 4. The Labute approximate surface area is 105 Å². The number of hydrogen-bond acceptors (Lipinski definition) is 2. The van der Waals surface area contributed by atoms with Gasteiger partial charge in [-0.15, -0.1) is 0 Å². The third kappa shape index (κ3) is 3.67. The van der Waals surface area contributed by atoms with Gasteiger partial charge in [0.2, 0.25) is 5.91 Å². The van der Waals surface area contributed by atoms with Crippen LogP contribution in [0.4, 0.5) is 0 Å². The summed E-state index contributed by atoms with van der Waals surface area (Å²) in [6, 6.07) is 5.01. The Morgan fingerprint density at radius 3 is 2.75 bits per heavy atom. The number of nitrogens with one attached hydrogen (secondary N) is 1. The molecule has 1 atom stereocenters. The molecule has 0 heterocycles. The van der Waals surface area contributed by atoms with E-state index in [0.717, 1.165) is 5.56 Å². The van der Waals surface area contributed by atoms with Gasteiger partial charge >= 0.3 is 0 Å². The van der Waals surface area contributed by atoms with Crippen molar-refractivity contribution in [2.24, 2.45) is 0 Å². The second-order valence-corrected chi connectivity index (χ2v) is 4.23. The first-order chi connectivity index (χ1) is 7.54. The van der Waals surface area contributed by atoms with Crippen LogP contribution < -0.4 is 5.32 Å². The highest BCUT2D eigenvalue weighted by Gasteiger charge is 2.12. The molecule has 1 aromatic carbocycles. The monoisotopic (exact) mass is 261 g/mol. The van der Waals surface area contributed by atoms with E-state index in [-0.39, 0.29) is 18.6 Å². The number of halogens is 2. The molecule has 0 saturated carbocycles. The molecule has 0 radical (unpaired) electrons. The van der Waals surface area contributed by atoms with Crippen molar-refractivity contribution in [2.75, 3.05) is 13.7 Å². The van der Waals surface area contributed by atoms with E-state index in [1.807, 2.05) is 6.92 Å². The van der Waals surface area contributed by atoms with Crippen LogP contribution in [0.3, 0.4) is 0 Å². The van der Waals surface area contributed by atoms with Crippen LogP contribution in [0.15, 0.2) is 18.2 Å². The molecule has 3 nitrogen and oxygen atoms in total. The summed E-state index contributed by atoms with van der Waals surface area (Å²) < 4.78 is 4.72. The SMILES string of the molecule is COCC(=O)N[C@H](C)c1ccc(Cl)cc1Cl. The Bertz CT molecular complexity index is 382. The minimum atomic E-state index is -0.180. The van der Waals surface area contributed by atoms with Crippen LogP contribution >= 0.6 is 23.2 Å². The molecule has 16 heavy (non-hydrogen) atoms. The quantitative estimate of drug-likeness (QED) is 0.906. The van der Waals surface area contributed by atoms with Crippen molar-refractivity contribution in [3.8, 4) is 0 Å². The number of carbonyl (C=O) groups is 1. The third-order valence-electron chi connectivity index (χ3n) is 2.08. The molecule has 1 amide bonds. The second kappa shape index (κ2) is 6.09. The molecule has 5 heteroatoms. The molecule has 0 saturated heterocycles. The first kappa shape index (κ1) is 13.3. The fraction of sp³-hybridized carbons (Fsp3) is 0.364. The lowest BCUT2D eigenvalue weighted by molar-refractivity contribution is -0.125. The molecule has 0 aliphatic heterocycles. The van der Waals surface area contributed by atoms with Gasteiger partial charge in [-0.1, -0.05) is 29.3 Å². The Hall–Kier alpha value is -0.770. The van der Waals surface area contributed by atoms with Crippen LogP contribution in [0.5, 0.6) is 0 Å². The van der Waals surface area contributed by atoms with Crippen molar-refractivity contribution in [1.29, 1.82) is 0 Å². The van der Waals surface area contributed by atoms with Crippen molar-refractivity contribution in [3.05, 3.63) is 33.8 Å². The van der Waals surface area contributed by atoms with Gasteiger partial charge in [-0.25, -0.2) is 0 Å². The molecular formula is C11H13Cl2NO2. The Morgan fingerprint density at radius 2 is 2.19 bits per heavy atom. The third-order valence-corrected chi connectivity index (χ3v) is 2.64. The molecule has 1 aromatic rings. The van der Waals surface area contributed by atoms with Gasteiger partial charge in [0.05, 0.1) is 6.04 Å². The Morgan fingerprint density at radius 1 is 1.50 bits per heavy atom. The molecule has 0 spiro atoms. The highest BCUT2D eigenvalue weighted by atomic mass is 35.5. The maximum absolute atomic E-state index is 11.3. The van der Waals surface area contributed by atoms with Gasteiger partial charge in [0.15, 0.2) is 0 Å². The van der Waals surface area contributed by atoms with Gasteiger partial charge < -0.3 is 10.1 Å². The molecule has 0 aromatic heterocycles. The lowest BCUT2D eigenvalue weighted by Crippen LogP contribution is -2.29. The zero-order valence-electron chi connectivity index (χ0n) is 9.09. The molecular weight excluding hydrogens is 249 g/mol. The largest absolute Gasteiger partial charge is 0.375 e. The summed E-state index contributed by atoms with van der Waals surface area (Å²) in [5.74, 6) is -0.180. The molecule has 0 bridgehead atoms. The molecule has 1 N–H and O–H groups in total. The van der Waals surface area contributed by atoms with Gasteiger partial charge in [-0.3, -0.25) is 4.79 Å². The van der Waals surface area contributed by atoms with E-state index >= 15 is 0 Å². The summed E-state index contributed by atoms with van der Waals surface area (Å²) >= 11 is 11.8. The van der Waals surface area contributed by atoms with E-state index in [2.05, 4.69) is 5.32 Å². The van der Waals surface area contributed by atoms with E-state index in [1.54, 1.807) is 18.2 Å². The zero-order valence-corrected chi connectivity index (χ0v) is 10.6. The topological polar surface area (TPSA) is 38.3 Å². The minimum Gasteiger partial charge on any atom is -0.375 e. The van der Waals surface area contributed by atoms with Gasteiger partial charge in [0.25, 0.3) is 0 Å². The zero-order chi connectivity index (χ0) is 12.1. The summed E-state index contributed by atoms with van der Waals surface area (Å²) in [5.41, 5.74) is 0.829. The van der Waals surface area contributed by atoms with E-state index in [0.29, 0.717) is 10.0 Å². The molecule has 0 aliphatic rings. The average molecular weight is 262 g/mol. The number of benzene rings is 1. The number of carbonyl (C=O) groups excluding carboxylic acids is 1. The van der Waals surface area contributed by atoms with Gasteiger partial charge in [0.1, 0.15) is 6.61 Å². The van der Waals surface area contributed by atoms with Crippen molar-refractivity contribution in [1.82, 2.24) is 5.32 Å². The first-order valence-corrected chi connectivity index (χ1v) is 5.53. The number of ether oxygens (including phenoxy) is 1. The predicted octanol–water partition coefficient (Wildman–Crippen LogP) is 2.82. The number of hydrogen-bond donors (Lipinski definition) is 1. The van der Waals surface area contributed by atoms with Gasteiger partial charge in [-0.05, 0) is 24.6 Å². The molecule has 0 fully saturated rings. The van der Waals surface area contributed by atoms with E-state index < -0.39 is 0 Å². The summed E-state index contributed by atoms with van der Waals surface area (Å²) in [6.45, 7) is 1.89. The summed E-state index contributed by atoms with van der Waals surface area (Å²) in [6.07, 6.45) is 0. The highest BCUT2D eigenvalue weighted by molar-refractivity contribution is 6.35. The van der Waals surface area contributed by atoms with Crippen molar-refractivity contribution in [3.63, 3.8) is 0 Å². The molecule has 0 unspecified atom stereocenters. The highest BCUT2D eigenvalue weighted by Crippen LogP contribution is 2.25. The maximum Gasteiger partial charge on any atom is 0.246 e. The minimum absolute atomic E-state index is 0.0373. The molecule has 0 aliphatic carbocycles. The fourth-order valence-electron chi connectivity index (χ4n) is 1.34. The van der Waals surface area contributed by atoms with Crippen LogP contribution in [0, 0.1) is 0 Å². The molecule has 88 valence electrons. The van der Waals surface area contributed by atoms with Crippen molar-refractivity contribution >= 4 is 29.1 Å². The smallest absolute Gasteiger partial charge is 0.246 e. The van der Waals surface area contributed by atoms with Gasteiger partial charge in [-0.2, -0.15) is 0 Å². The maximum atomic E-state index is 11.3. The summed E-state index contributed by atoms with van der Waals surface area (Å²) in [5, 5.41) is 3.88. The average Bonchev–Trinajstić information content (AvgIpc) is 2.17. The van der Waals surface area contributed by atoms with Crippen LogP contribution in [-0.2, 0) is 9.53 Å². The van der Waals surface area contributed by atoms with Crippen molar-refractivity contribution in [2.45, 2.75) is 13.0 Å². The van der Waals surface area contributed by atoms with Crippen LogP contribution in [0.1, 0.15) is 18.5 Å². The summed E-state index contributed by atoms with van der Waals surface area (Å²) in [7, 11) is 1.47. The lowest BCUT2D eigenvalue weighted by Gasteiger charge is -2.15. The fourth-order valence-corrected chi connectivity index (χ4v) is 1.92. The first-order valence-electron chi connectivity index (χ1n) is 4.78. The van der Waals surface area contributed by atoms with Crippen LogP contribution in [0.2, 0.25) is 10.0 Å². The second-order valence-electron chi connectivity index (χ2n) is 3.39. The van der Waals surface area contributed by atoms with Gasteiger partial charge in [0, 0.05) is 17.2 Å². The van der Waals surface area contributed by atoms with Crippen LogP contribution in [-0.4, -0.2) is 19.6 Å². The standard InChI is InChI=1S/C11H13Cl2NO2/c1-7(14-11(15)6-16-2)9-4-3-8(12)5-10(9)13/h3-5,7H,6H2,1-2H3,(H,14,15)/t7-/m1/s1. The van der Waals surface area contributed by atoms with Crippen LogP contribution in [0.25, 0.3) is 0 Å². The lowest BCUT2D eigenvalue weighted by atomic mass is 10.1. The number of amides is 1.